The lowest BCUT2D eigenvalue weighted by Crippen LogP contribution is -2.22. The molecule has 0 N–H and O–H groups in total. The Morgan fingerprint density at radius 2 is 2.10 bits per heavy atom. The molecule has 0 aromatic heterocycles. The summed E-state index contributed by atoms with van der Waals surface area (Å²) in [6.45, 7) is 2.35. The standard InChI is InChI=1S/C14H15NO4S/c1-4-19-12-9(6-5-7-10(12)18-3)8-11-13(16)15(2)14(17)20-11/h5-8H,4H2,1-3H3/b11-8+. The van der Waals surface area contributed by atoms with E-state index in [1.807, 2.05) is 19.1 Å². The average Bonchev–Trinajstić information content (AvgIpc) is 2.68. The fourth-order valence-corrected chi connectivity index (χ4v) is 2.61. The maximum Gasteiger partial charge on any atom is 0.293 e. The summed E-state index contributed by atoms with van der Waals surface area (Å²) in [5.41, 5.74) is 0.713. The lowest BCUT2D eigenvalue weighted by atomic mass is 10.1. The summed E-state index contributed by atoms with van der Waals surface area (Å²) in [5.74, 6) is 0.863. The van der Waals surface area contributed by atoms with E-state index < -0.39 is 0 Å². The molecule has 1 fully saturated rings. The van der Waals surface area contributed by atoms with Crippen molar-refractivity contribution in [3.8, 4) is 11.5 Å². The molecule has 6 heteroatoms. The number of thioether (sulfide) groups is 1. The van der Waals surface area contributed by atoms with Crippen LogP contribution in [-0.2, 0) is 4.79 Å². The Morgan fingerprint density at radius 3 is 2.65 bits per heavy atom. The highest BCUT2D eigenvalue weighted by Crippen LogP contribution is 2.36. The molecule has 1 heterocycles. The van der Waals surface area contributed by atoms with E-state index >= 15 is 0 Å². The van der Waals surface area contributed by atoms with Crippen LogP contribution in [0.5, 0.6) is 11.5 Å². The topological polar surface area (TPSA) is 55.8 Å². The molecule has 0 aliphatic carbocycles. The van der Waals surface area contributed by atoms with Crippen LogP contribution < -0.4 is 9.47 Å². The SMILES string of the molecule is CCOc1c(/C=C2/SC(=O)N(C)C2=O)cccc1OC. The molecular weight excluding hydrogens is 278 g/mol. The van der Waals surface area contributed by atoms with Crippen LogP contribution in [-0.4, -0.2) is 36.8 Å². The highest BCUT2D eigenvalue weighted by atomic mass is 32.2. The van der Waals surface area contributed by atoms with Crippen LogP contribution in [0.25, 0.3) is 6.08 Å². The van der Waals surface area contributed by atoms with E-state index in [2.05, 4.69) is 0 Å². The number of imide groups is 1. The van der Waals surface area contributed by atoms with Crippen LogP contribution in [0.3, 0.4) is 0 Å². The summed E-state index contributed by atoms with van der Waals surface area (Å²) in [7, 11) is 3.02. The molecule has 5 nitrogen and oxygen atoms in total. The predicted molar refractivity (Wildman–Crippen MR) is 77.9 cm³/mol. The minimum atomic E-state index is -0.301. The number of benzene rings is 1. The van der Waals surface area contributed by atoms with Crippen LogP contribution in [0.4, 0.5) is 4.79 Å². The van der Waals surface area contributed by atoms with Gasteiger partial charge in [0, 0.05) is 12.6 Å². The van der Waals surface area contributed by atoms with E-state index in [0.717, 1.165) is 16.7 Å². The van der Waals surface area contributed by atoms with Crippen molar-refractivity contribution in [2.75, 3.05) is 20.8 Å². The van der Waals surface area contributed by atoms with Crippen LogP contribution in [0.1, 0.15) is 12.5 Å². The van der Waals surface area contributed by atoms with Crippen LogP contribution >= 0.6 is 11.8 Å². The quantitative estimate of drug-likeness (QED) is 0.799. The largest absolute Gasteiger partial charge is 0.493 e. The number of rotatable bonds is 4. The first kappa shape index (κ1) is 14.5. The van der Waals surface area contributed by atoms with Crippen molar-refractivity contribution >= 4 is 29.0 Å². The van der Waals surface area contributed by atoms with Gasteiger partial charge in [0.15, 0.2) is 11.5 Å². The maximum absolute atomic E-state index is 11.9. The van der Waals surface area contributed by atoms with Gasteiger partial charge < -0.3 is 9.47 Å². The molecule has 1 aliphatic rings. The minimum Gasteiger partial charge on any atom is -0.493 e. The molecule has 1 saturated heterocycles. The fourth-order valence-electron chi connectivity index (χ4n) is 1.79. The zero-order valence-electron chi connectivity index (χ0n) is 11.5. The second-order valence-corrected chi connectivity index (χ2v) is 5.05. The van der Waals surface area contributed by atoms with Crippen molar-refractivity contribution in [3.05, 3.63) is 28.7 Å². The summed E-state index contributed by atoms with van der Waals surface area (Å²) in [4.78, 5) is 24.9. The molecule has 1 aliphatic heterocycles. The van der Waals surface area contributed by atoms with E-state index in [1.54, 1.807) is 19.3 Å². The van der Waals surface area contributed by atoms with Gasteiger partial charge in [-0.25, -0.2) is 0 Å². The van der Waals surface area contributed by atoms with Gasteiger partial charge in [-0.05, 0) is 30.8 Å². The molecule has 2 amide bonds. The Kier molecular flexibility index (Phi) is 4.34. The third-order valence-corrected chi connectivity index (χ3v) is 3.75. The highest BCUT2D eigenvalue weighted by Gasteiger charge is 2.32. The first-order valence-electron chi connectivity index (χ1n) is 6.09. The van der Waals surface area contributed by atoms with Gasteiger partial charge in [0.25, 0.3) is 11.1 Å². The van der Waals surface area contributed by atoms with Crippen molar-refractivity contribution in [2.45, 2.75) is 6.92 Å². The Bertz CT molecular complexity index is 583. The van der Waals surface area contributed by atoms with Crippen molar-refractivity contribution in [2.24, 2.45) is 0 Å². The first-order chi connectivity index (χ1) is 9.58. The molecule has 0 bridgehead atoms. The summed E-state index contributed by atoms with van der Waals surface area (Å²) >= 11 is 0.919. The molecule has 0 radical (unpaired) electrons. The highest BCUT2D eigenvalue weighted by molar-refractivity contribution is 8.18. The van der Waals surface area contributed by atoms with E-state index in [9.17, 15) is 9.59 Å². The number of amides is 2. The van der Waals surface area contributed by atoms with Gasteiger partial charge in [-0.3, -0.25) is 14.5 Å². The van der Waals surface area contributed by atoms with Crippen molar-refractivity contribution in [3.63, 3.8) is 0 Å². The summed E-state index contributed by atoms with van der Waals surface area (Å²) < 4.78 is 10.8. The zero-order chi connectivity index (χ0) is 14.7. The Hall–Kier alpha value is -1.95. The Labute approximate surface area is 121 Å². The molecule has 0 saturated carbocycles. The van der Waals surface area contributed by atoms with Crippen LogP contribution in [0, 0.1) is 0 Å². The molecule has 0 spiro atoms. The lowest BCUT2D eigenvalue weighted by Gasteiger charge is -2.12. The van der Waals surface area contributed by atoms with Gasteiger partial charge in [-0.15, -0.1) is 0 Å². The van der Waals surface area contributed by atoms with Crippen molar-refractivity contribution in [1.29, 1.82) is 0 Å². The molecular formula is C14H15NO4S. The van der Waals surface area contributed by atoms with Gasteiger partial charge in [-0.1, -0.05) is 12.1 Å². The van der Waals surface area contributed by atoms with Gasteiger partial charge >= 0.3 is 0 Å². The normalized spacial score (nSPS) is 16.9. The molecule has 0 unspecified atom stereocenters. The van der Waals surface area contributed by atoms with Gasteiger partial charge in [-0.2, -0.15) is 0 Å². The second kappa shape index (κ2) is 6.00. The first-order valence-corrected chi connectivity index (χ1v) is 6.91. The van der Waals surface area contributed by atoms with E-state index in [0.29, 0.717) is 28.6 Å². The van der Waals surface area contributed by atoms with Gasteiger partial charge in [0.2, 0.25) is 0 Å². The number of likely N-dealkylation sites (N-methyl/N-ethyl adjacent to an activating group) is 1. The third kappa shape index (κ3) is 2.65. The van der Waals surface area contributed by atoms with E-state index in [4.69, 9.17) is 9.47 Å². The maximum atomic E-state index is 11.9. The molecule has 1 aromatic carbocycles. The summed E-state index contributed by atoms with van der Waals surface area (Å²) in [6, 6.07) is 5.41. The number of carbonyl (C=O) groups is 2. The number of para-hydroxylation sites is 1. The third-order valence-electron chi connectivity index (χ3n) is 2.79. The number of ether oxygens (including phenoxy) is 2. The van der Waals surface area contributed by atoms with Crippen molar-refractivity contribution in [1.82, 2.24) is 4.90 Å². The molecule has 106 valence electrons. The molecule has 0 atom stereocenters. The Morgan fingerprint density at radius 1 is 1.35 bits per heavy atom. The van der Waals surface area contributed by atoms with Gasteiger partial charge in [0.05, 0.1) is 18.6 Å². The number of hydrogen-bond acceptors (Lipinski definition) is 5. The monoisotopic (exact) mass is 293 g/mol. The summed E-state index contributed by atoms with van der Waals surface area (Å²) in [5, 5.41) is -0.276. The number of methoxy groups -OCH3 is 1. The number of nitrogens with zero attached hydrogens (tertiary/aromatic N) is 1. The Balaban J connectivity index is 2.43. The lowest BCUT2D eigenvalue weighted by molar-refractivity contribution is -0.121. The fraction of sp³-hybridized carbons (Fsp3) is 0.286. The zero-order valence-corrected chi connectivity index (χ0v) is 12.3. The van der Waals surface area contributed by atoms with Crippen molar-refractivity contribution < 1.29 is 19.1 Å². The predicted octanol–water partition coefficient (Wildman–Crippen LogP) is 2.76. The van der Waals surface area contributed by atoms with E-state index in [1.165, 1.54) is 7.05 Å². The van der Waals surface area contributed by atoms with Gasteiger partial charge in [0.1, 0.15) is 0 Å². The summed E-state index contributed by atoms with van der Waals surface area (Å²) in [6.07, 6.45) is 1.65. The molecule has 2 rings (SSSR count). The van der Waals surface area contributed by atoms with Crippen LogP contribution in [0.15, 0.2) is 23.1 Å². The minimum absolute atomic E-state index is 0.276. The number of hydrogen-bond donors (Lipinski definition) is 0. The number of carbonyl (C=O) groups excluding carboxylic acids is 2. The smallest absolute Gasteiger partial charge is 0.293 e. The van der Waals surface area contributed by atoms with Crippen LogP contribution in [0.2, 0.25) is 0 Å². The molecule has 1 aromatic rings. The second-order valence-electron chi connectivity index (χ2n) is 4.05. The molecule has 20 heavy (non-hydrogen) atoms. The van der Waals surface area contributed by atoms with E-state index in [-0.39, 0.29) is 11.1 Å². The average molecular weight is 293 g/mol.